The first-order valence-electron chi connectivity index (χ1n) is 9.45. The highest BCUT2D eigenvalue weighted by Gasteiger charge is 2.18. The van der Waals surface area contributed by atoms with Crippen LogP contribution in [-0.4, -0.2) is 29.5 Å². The molecule has 0 amide bonds. The van der Waals surface area contributed by atoms with Crippen molar-refractivity contribution < 1.29 is 8.78 Å². The largest absolute Gasteiger partial charge is 0.344 e. The minimum atomic E-state index is -1.14. The van der Waals surface area contributed by atoms with Crippen molar-refractivity contribution in [2.24, 2.45) is 0 Å². The molecule has 0 fully saturated rings. The lowest BCUT2D eigenvalue weighted by molar-refractivity contribution is 0.408. The lowest BCUT2D eigenvalue weighted by Crippen LogP contribution is -2.20. The van der Waals surface area contributed by atoms with Crippen LogP contribution in [0.25, 0.3) is 44.6 Å². The van der Waals surface area contributed by atoms with Crippen LogP contribution in [0.15, 0.2) is 49.2 Å². The molecular formula is C22H18F2N6. The molecule has 1 aromatic carbocycles. The van der Waals surface area contributed by atoms with Gasteiger partial charge in [0.2, 0.25) is 5.95 Å². The van der Waals surface area contributed by atoms with Crippen molar-refractivity contribution in [3.05, 3.63) is 60.9 Å². The van der Waals surface area contributed by atoms with E-state index in [-0.39, 0.29) is 5.54 Å². The van der Waals surface area contributed by atoms with Gasteiger partial charge in [0.25, 0.3) is 0 Å². The van der Waals surface area contributed by atoms with Crippen molar-refractivity contribution >= 4 is 22.2 Å². The molecule has 0 saturated carbocycles. The maximum atomic E-state index is 13.6. The lowest BCUT2D eigenvalue weighted by Gasteiger charge is -2.21. The summed E-state index contributed by atoms with van der Waals surface area (Å²) in [6.45, 7) is 6.38. The molecule has 0 aliphatic rings. The summed E-state index contributed by atoms with van der Waals surface area (Å²) in [5.41, 5.74) is 5.64. The zero-order valence-electron chi connectivity index (χ0n) is 16.6. The van der Waals surface area contributed by atoms with Gasteiger partial charge in [-0.25, -0.2) is 24.3 Å². The Morgan fingerprint density at radius 1 is 0.967 bits per heavy atom. The Balaban J connectivity index is 1.67. The number of H-pyrrole nitrogens is 1. The smallest absolute Gasteiger partial charge is 0.248 e. The molecule has 4 heterocycles. The number of nitrogens with one attached hydrogen (secondary N) is 1. The van der Waals surface area contributed by atoms with Gasteiger partial charge in [-0.2, -0.15) is 4.39 Å². The van der Waals surface area contributed by atoms with Gasteiger partial charge in [0.1, 0.15) is 5.52 Å². The fourth-order valence-corrected chi connectivity index (χ4v) is 3.52. The number of hydrogen-bond acceptors (Lipinski definition) is 4. The van der Waals surface area contributed by atoms with Crippen LogP contribution < -0.4 is 0 Å². The van der Waals surface area contributed by atoms with Crippen LogP contribution >= 0.6 is 0 Å². The van der Waals surface area contributed by atoms with Gasteiger partial charge in [0.05, 0.1) is 29.3 Å². The Hall–Kier alpha value is -3.68. The maximum Gasteiger partial charge on any atom is 0.248 e. The Kier molecular flexibility index (Phi) is 3.92. The molecule has 0 aliphatic carbocycles. The van der Waals surface area contributed by atoms with Crippen molar-refractivity contribution in [1.82, 2.24) is 29.5 Å². The minimum absolute atomic E-state index is 0.111. The second kappa shape index (κ2) is 6.41. The van der Waals surface area contributed by atoms with Gasteiger partial charge in [0, 0.05) is 29.1 Å². The highest BCUT2D eigenvalue weighted by atomic mass is 19.2. The van der Waals surface area contributed by atoms with E-state index in [2.05, 4.69) is 56.3 Å². The molecular weight excluding hydrogens is 386 g/mol. The Bertz CT molecular complexity index is 1410. The molecule has 4 aromatic heterocycles. The summed E-state index contributed by atoms with van der Waals surface area (Å²) < 4.78 is 28.9. The molecule has 0 saturated heterocycles. The van der Waals surface area contributed by atoms with Crippen LogP contribution in [0.5, 0.6) is 0 Å². The molecule has 0 bridgehead atoms. The first kappa shape index (κ1) is 18.4. The molecule has 0 atom stereocenters. The van der Waals surface area contributed by atoms with E-state index >= 15 is 0 Å². The number of nitrogens with zero attached hydrogens (tertiary/aromatic N) is 5. The molecule has 0 aliphatic heterocycles. The van der Waals surface area contributed by atoms with E-state index in [0.717, 1.165) is 28.2 Å². The monoisotopic (exact) mass is 404 g/mol. The number of hydrogen-bond donors (Lipinski definition) is 1. The third-order valence-corrected chi connectivity index (χ3v) is 5.05. The van der Waals surface area contributed by atoms with Crippen LogP contribution in [0.3, 0.4) is 0 Å². The summed E-state index contributed by atoms with van der Waals surface area (Å²) in [6, 6.07) is 7.10. The molecule has 0 spiro atoms. The van der Waals surface area contributed by atoms with Gasteiger partial charge in [-0.3, -0.25) is 0 Å². The van der Waals surface area contributed by atoms with E-state index in [0.29, 0.717) is 22.4 Å². The molecule has 6 nitrogen and oxygen atoms in total. The number of aromatic nitrogens is 6. The standard InChI is InChI=1S/C22H18F2N6/c1-22(2,3)30-11-28-16-5-4-12(7-18(16)30)14-9-26-21-19(14)29-17(10-27-21)13-6-15(23)20(24)25-8-13/h4-11H,1-3H3,(H,26,27). The van der Waals surface area contributed by atoms with Crippen molar-refractivity contribution in [2.75, 3.05) is 0 Å². The highest BCUT2D eigenvalue weighted by Crippen LogP contribution is 2.31. The third kappa shape index (κ3) is 2.92. The topological polar surface area (TPSA) is 72.3 Å². The van der Waals surface area contributed by atoms with Gasteiger partial charge in [0.15, 0.2) is 11.5 Å². The van der Waals surface area contributed by atoms with Crippen molar-refractivity contribution in [2.45, 2.75) is 26.3 Å². The first-order valence-corrected chi connectivity index (χ1v) is 9.45. The second-order valence-corrected chi connectivity index (χ2v) is 8.14. The number of rotatable bonds is 2. The lowest BCUT2D eigenvalue weighted by atomic mass is 10.1. The van der Waals surface area contributed by atoms with E-state index in [9.17, 15) is 8.78 Å². The number of benzene rings is 1. The Labute approximate surface area is 170 Å². The fourth-order valence-electron chi connectivity index (χ4n) is 3.52. The van der Waals surface area contributed by atoms with Crippen LogP contribution in [0.1, 0.15) is 20.8 Å². The van der Waals surface area contributed by atoms with E-state index in [4.69, 9.17) is 0 Å². The number of halogens is 2. The van der Waals surface area contributed by atoms with Gasteiger partial charge in [-0.05, 0) is 44.5 Å². The molecule has 8 heteroatoms. The van der Waals surface area contributed by atoms with E-state index in [1.54, 1.807) is 0 Å². The van der Waals surface area contributed by atoms with Gasteiger partial charge in [-0.15, -0.1) is 0 Å². The quantitative estimate of drug-likeness (QED) is 0.417. The van der Waals surface area contributed by atoms with Crippen molar-refractivity contribution in [3.8, 4) is 22.4 Å². The number of pyridine rings is 1. The van der Waals surface area contributed by atoms with Crippen LogP contribution in [0.4, 0.5) is 8.78 Å². The molecule has 30 heavy (non-hydrogen) atoms. The van der Waals surface area contributed by atoms with Gasteiger partial charge < -0.3 is 9.55 Å². The minimum Gasteiger partial charge on any atom is -0.344 e. The summed E-state index contributed by atoms with van der Waals surface area (Å²) in [5, 5.41) is 0. The number of aromatic amines is 1. The predicted molar refractivity (Wildman–Crippen MR) is 111 cm³/mol. The van der Waals surface area contributed by atoms with Crippen molar-refractivity contribution in [3.63, 3.8) is 0 Å². The Morgan fingerprint density at radius 3 is 2.57 bits per heavy atom. The van der Waals surface area contributed by atoms with Gasteiger partial charge >= 0.3 is 0 Å². The molecule has 0 unspecified atom stereocenters. The summed E-state index contributed by atoms with van der Waals surface area (Å²) in [5.74, 6) is -2.16. The van der Waals surface area contributed by atoms with E-state index in [1.807, 2.05) is 24.7 Å². The fraction of sp³-hybridized carbons (Fsp3) is 0.182. The summed E-state index contributed by atoms with van der Waals surface area (Å²) in [4.78, 5) is 20.1. The first-order chi connectivity index (χ1) is 14.3. The van der Waals surface area contributed by atoms with Gasteiger partial charge in [-0.1, -0.05) is 6.07 Å². The summed E-state index contributed by atoms with van der Waals surface area (Å²) >= 11 is 0. The highest BCUT2D eigenvalue weighted by molar-refractivity contribution is 5.94. The van der Waals surface area contributed by atoms with E-state index < -0.39 is 11.8 Å². The average Bonchev–Trinajstić information content (AvgIpc) is 3.32. The zero-order valence-corrected chi connectivity index (χ0v) is 16.6. The molecule has 5 aromatic rings. The molecule has 1 N–H and O–H groups in total. The van der Waals surface area contributed by atoms with Crippen LogP contribution in [-0.2, 0) is 5.54 Å². The van der Waals surface area contributed by atoms with Crippen LogP contribution in [0.2, 0.25) is 0 Å². The molecule has 0 radical (unpaired) electrons. The molecule has 150 valence electrons. The van der Waals surface area contributed by atoms with Crippen LogP contribution in [0, 0.1) is 11.8 Å². The second-order valence-electron chi connectivity index (χ2n) is 8.14. The zero-order chi connectivity index (χ0) is 21.0. The summed E-state index contributed by atoms with van der Waals surface area (Å²) in [6.07, 6.45) is 6.44. The number of imidazole rings is 1. The van der Waals surface area contributed by atoms with Crippen molar-refractivity contribution in [1.29, 1.82) is 0 Å². The number of fused-ring (bicyclic) bond motifs is 2. The SMILES string of the molecule is CC(C)(C)n1cnc2ccc(-c3c[nH]c4ncc(-c5cnc(F)c(F)c5)nc34)cc21. The predicted octanol–water partition coefficient (Wildman–Crippen LogP) is 5.07. The summed E-state index contributed by atoms with van der Waals surface area (Å²) in [7, 11) is 0. The Morgan fingerprint density at radius 2 is 1.80 bits per heavy atom. The normalized spacial score (nSPS) is 12.2. The third-order valence-electron chi connectivity index (χ3n) is 5.05. The average molecular weight is 404 g/mol. The van der Waals surface area contributed by atoms with E-state index in [1.165, 1.54) is 12.4 Å². The maximum absolute atomic E-state index is 13.6. The molecule has 5 rings (SSSR count).